The molecular formula is C28H39F2N4OP. The molecule has 8 heteroatoms. The maximum absolute atomic E-state index is 13.5. The van der Waals surface area contributed by atoms with Crippen molar-refractivity contribution in [3.8, 4) is 0 Å². The predicted octanol–water partition coefficient (Wildman–Crippen LogP) is 6.53. The highest BCUT2D eigenvalue weighted by Crippen LogP contribution is 2.18. The first-order valence-electron chi connectivity index (χ1n) is 11.6. The smallest absolute Gasteiger partial charge is 0.268 e. The zero-order valence-corrected chi connectivity index (χ0v) is 23.2. The van der Waals surface area contributed by atoms with Crippen LogP contribution >= 0.6 is 9.24 Å². The van der Waals surface area contributed by atoms with E-state index in [0.29, 0.717) is 24.5 Å². The first-order valence-corrected chi connectivity index (χ1v) is 12.2. The number of unbranched alkanes of at least 4 members (excludes halogenated alkanes) is 1. The molecule has 0 radical (unpaired) electrons. The Morgan fingerprint density at radius 2 is 1.86 bits per heavy atom. The van der Waals surface area contributed by atoms with E-state index in [2.05, 4.69) is 46.7 Å². The van der Waals surface area contributed by atoms with Crippen molar-refractivity contribution < 1.29 is 13.6 Å². The minimum Gasteiger partial charge on any atom is -0.372 e. The fraction of sp³-hybridized carbons (Fsp3) is 0.321. The number of hydrogen-bond donors (Lipinski definition) is 2. The molecular weight excluding hydrogens is 477 g/mol. The number of nitrogens with one attached hydrogen (secondary N) is 2. The Kier molecular flexibility index (Phi) is 16.7. The normalized spacial score (nSPS) is 10.1. The molecule has 1 amide bonds. The third kappa shape index (κ3) is 13.8. The number of aryl methyl sites for hydroxylation is 1. The van der Waals surface area contributed by atoms with Crippen LogP contribution in [-0.2, 0) is 11.3 Å². The van der Waals surface area contributed by atoms with E-state index in [4.69, 9.17) is 5.41 Å². The zero-order valence-electron chi connectivity index (χ0n) is 22.0. The van der Waals surface area contributed by atoms with Crippen molar-refractivity contribution in [3.63, 3.8) is 0 Å². The van der Waals surface area contributed by atoms with E-state index in [-0.39, 0.29) is 11.2 Å². The molecule has 0 fully saturated rings. The summed E-state index contributed by atoms with van der Waals surface area (Å²) in [5, 5.41) is 11.1. The average molecular weight is 517 g/mol. The topological polar surface area (TPSA) is 68.5 Å². The molecule has 0 aromatic heterocycles. The third-order valence-electron chi connectivity index (χ3n) is 4.73. The van der Waals surface area contributed by atoms with Gasteiger partial charge in [-0.05, 0) is 74.7 Å². The van der Waals surface area contributed by atoms with Crippen LogP contribution in [0.15, 0.2) is 54.1 Å². The zero-order chi connectivity index (χ0) is 27.7. The quantitative estimate of drug-likeness (QED) is 0.172. The Morgan fingerprint density at radius 1 is 1.22 bits per heavy atom. The summed E-state index contributed by atoms with van der Waals surface area (Å²) in [5.41, 5.74) is 4.34. The largest absolute Gasteiger partial charge is 0.372 e. The lowest BCUT2D eigenvalue weighted by atomic mass is 10.1. The number of halogens is 2. The number of amides is 1. The summed E-state index contributed by atoms with van der Waals surface area (Å²) in [7, 11) is 4.13. The van der Waals surface area contributed by atoms with Crippen LogP contribution in [0.5, 0.6) is 0 Å². The number of hydrogen-bond acceptors (Lipinski definition) is 4. The van der Waals surface area contributed by atoms with Gasteiger partial charge in [0.15, 0.2) is 11.6 Å². The van der Waals surface area contributed by atoms with Gasteiger partial charge in [0.2, 0.25) is 0 Å². The lowest BCUT2D eigenvalue weighted by Crippen LogP contribution is -2.25. The summed E-state index contributed by atoms with van der Waals surface area (Å²) in [6, 6.07) is 8.93. The molecule has 2 aromatic carbocycles. The molecule has 0 saturated carbocycles. The van der Waals surface area contributed by atoms with Crippen LogP contribution in [0.4, 0.5) is 14.5 Å². The Balaban J connectivity index is 0.00000104. The van der Waals surface area contributed by atoms with Gasteiger partial charge in [-0.1, -0.05) is 51.5 Å². The van der Waals surface area contributed by atoms with E-state index < -0.39 is 11.6 Å². The van der Waals surface area contributed by atoms with Crippen LogP contribution in [0.3, 0.4) is 0 Å². The van der Waals surface area contributed by atoms with E-state index in [9.17, 15) is 13.6 Å². The van der Waals surface area contributed by atoms with Gasteiger partial charge in [0.1, 0.15) is 0 Å². The minimum absolute atomic E-state index is 0.234. The molecule has 2 rings (SSSR count). The van der Waals surface area contributed by atoms with E-state index in [1.54, 1.807) is 19.1 Å². The second-order valence-corrected chi connectivity index (χ2v) is 8.74. The molecule has 196 valence electrons. The van der Waals surface area contributed by atoms with Gasteiger partial charge in [0, 0.05) is 23.2 Å². The Labute approximate surface area is 217 Å². The first-order chi connectivity index (χ1) is 17.0. The van der Waals surface area contributed by atoms with Gasteiger partial charge in [-0.2, -0.15) is 0 Å². The summed E-state index contributed by atoms with van der Waals surface area (Å²) < 4.78 is 26.9. The number of benzene rings is 2. The molecule has 0 aliphatic heterocycles. The van der Waals surface area contributed by atoms with Crippen LogP contribution in [0.1, 0.15) is 50.3 Å². The van der Waals surface area contributed by atoms with Crippen LogP contribution in [0.25, 0.3) is 6.08 Å². The molecule has 0 heterocycles. The van der Waals surface area contributed by atoms with Gasteiger partial charge in [0.05, 0.1) is 6.67 Å². The van der Waals surface area contributed by atoms with Crippen LogP contribution in [0, 0.1) is 24.0 Å². The molecule has 0 bridgehead atoms. The van der Waals surface area contributed by atoms with Crippen LogP contribution < -0.4 is 10.6 Å². The highest BCUT2D eigenvalue weighted by molar-refractivity contribution is 7.27. The lowest BCUT2D eigenvalue weighted by molar-refractivity contribution is -0.113. The number of nitrogens with zero attached hydrogens (tertiary/aromatic N) is 2. The van der Waals surface area contributed by atoms with Gasteiger partial charge in [0.25, 0.3) is 5.91 Å². The summed E-state index contributed by atoms with van der Waals surface area (Å²) in [4.78, 5) is 14.8. The van der Waals surface area contributed by atoms with Gasteiger partial charge >= 0.3 is 0 Å². The molecule has 0 spiro atoms. The molecule has 36 heavy (non-hydrogen) atoms. The number of carbonyl (C=O) groups is 1. The summed E-state index contributed by atoms with van der Waals surface area (Å²) in [6.45, 7) is 15.3. The van der Waals surface area contributed by atoms with E-state index in [1.807, 2.05) is 43.1 Å². The van der Waals surface area contributed by atoms with Crippen LogP contribution in [-0.4, -0.2) is 37.0 Å². The molecule has 1 atom stereocenters. The molecule has 0 aliphatic carbocycles. The fourth-order valence-electron chi connectivity index (χ4n) is 2.57. The Hall–Kier alpha value is -3.02. The molecule has 5 nitrogen and oxygen atoms in total. The Morgan fingerprint density at radius 3 is 2.33 bits per heavy atom. The number of carbonyl (C=O) groups excluding carboxylic acids is 1. The number of anilines is 1. The SMILES string of the molecule is C=CC(=O)N=C.CC(=N)/C=C/c1ccc(C)c(NCN(C)Cc2cc(F)c(F)c(P)c2)c1.CCCC. The second-order valence-electron chi connectivity index (χ2n) is 8.12. The van der Waals surface area contributed by atoms with Crippen molar-refractivity contribution in [1.82, 2.24) is 4.90 Å². The highest BCUT2D eigenvalue weighted by atomic mass is 31.0. The van der Waals surface area contributed by atoms with E-state index in [1.165, 1.54) is 18.9 Å². The molecule has 0 saturated heterocycles. The summed E-state index contributed by atoms with van der Waals surface area (Å²) >= 11 is 0. The van der Waals surface area contributed by atoms with Crippen molar-refractivity contribution in [2.45, 2.75) is 47.1 Å². The van der Waals surface area contributed by atoms with Crippen LogP contribution in [0.2, 0.25) is 0 Å². The predicted molar refractivity (Wildman–Crippen MR) is 155 cm³/mol. The van der Waals surface area contributed by atoms with Crippen molar-refractivity contribution >= 4 is 44.6 Å². The first kappa shape index (κ1) is 33.0. The number of allylic oxidation sites excluding steroid dienone is 1. The monoisotopic (exact) mass is 516 g/mol. The second kappa shape index (κ2) is 18.3. The van der Waals surface area contributed by atoms with Crippen molar-refractivity contribution in [2.24, 2.45) is 4.99 Å². The van der Waals surface area contributed by atoms with Gasteiger partial charge < -0.3 is 10.7 Å². The number of aliphatic imine (C=N–C) groups is 1. The average Bonchev–Trinajstić information content (AvgIpc) is 2.85. The maximum atomic E-state index is 13.5. The van der Waals surface area contributed by atoms with Gasteiger partial charge in [-0.3, -0.25) is 9.69 Å². The lowest BCUT2D eigenvalue weighted by Gasteiger charge is -2.20. The molecule has 2 aromatic rings. The summed E-state index contributed by atoms with van der Waals surface area (Å²) in [5.74, 6) is -2.03. The van der Waals surface area contributed by atoms with Crippen molar-refractivity contribution in [1.29, 1.82) is 5.41 Å². The van der Waals surface area contributed by atoms with Crippen molar-refractivity contribution in [2.75, 3.05) is 19.0 Å². The highest BCUT2D eigenvalue weighted by Gasteiger charge is 2.09. The molecule has 2 N–H and O–H groups in total. The third-order valence-corrected chi connectivity index (χ3v) is 5.15. The van der Waals surface area contributed by atoms with E-state index >= 15 is 0 Å². The summed E-state index contributed by atoms with van der Waals surface area (Å²) in [6.07, 6.45) is 7.40. The number of rotatable bonds is 9. The van der Waals surface area contributed by atoms with E-state index in [0.717, 1.165) is 22.9 Å². The standard InChI is InChI=1S/C20H24F2N3P.C4H5NO.C4H10/c1-13-4-6-15(7-5-14(2)23)9-18(13)24-12-25(3)11-16-8-17(21)20(22)19(26)10-16;1-3-4(6)5-2;1-3-4-2/h4-10,23-24H,11-12,26H2,1-3H3;3H,1-2H2;3-4H2,1-2H3/b7-5+,23-14?;;. The maximum Gasteiger partial charge on any atom is 0.268 e. The van der Waals surface area contributed by atoms with Crippen molar-refractivity contribution in [3.05, 3.63) is 77.4 Å². The minimum atomic E-state index is -0.828. The molecule has 1 unspecified atom stereocenters. The molecule has 0 aliphatic rings. The van der Waals surface area contributed by atoms with Gasteiger partial charge in [-0.25, -0.2) is 13.8 Å². The Bertz CT molecular complexity index is 1020. The fourth-order valence-corrected chi connectivity index (χ4v) is 2.92. The van der Waals surface area contributed by atoms with Gasteiger partial charge in [-0.15, -0.1) is 9.24 Å².